The Hall–Kier alpha value is -0.600. The van der Waals surface area contributed by atoms with E-state index in [1.807, 2.05) is 0 Å². The van der Waals surface area contributed by atoms with Crippen molar-refractivity contribution in [1.82, 2.24) is 0 Å². The summed E-state index contributed by atoms with van der Waals surface area (Å²) < 4.78 is 0. The zero-order valence-electron chi connectivity index (χ0n) is 15.5. The van der Waals surface area contributed by atoms with Gasteiger partial charge in [-0.2, -0.15) is 0 Å². The molecule has 2 aromatic rings. The van der Waals surface area contributed by atoms with Crippen molar-refractivity contribution >= 4 is 31.9 Å². The van der Waals surface area contributed by atoms with Gasteiger partial charge in [0.2, 0.25) is 0 Å². The molecule has 2 heteroatoms. The first-order chi connectivity index (χ1) is 12.1. The third kappa shape index (κ3) is 6.90. The van der Waals surface area contributed by atoms with Crippen LogP contribution in [0.25, 0.3) is 0 Å². The van der Waals surface area contributed by atoms with Gasteiger partial charge in [-0.1, -0.05) is 120 Å². The van der Waals surface area contributed by atoms with Crippen LogP contribution in [0.2, 0.25) is 0 Å². The van der Waals surface area contributed by atoms with E-state index >= 15 is 0 Å². The summed E-state index contributed by atoms with van der Waals surface area (Å²) in [5.74, 6) is 0. The van der Waals surface area contributed by atoms with Crippen molar-refractivity contribution in [2.75, 3.05) is 0 Å². The monoisotopic (exact) mass is 464 g/mol. The highest BCUT2D eigenvalue weighted by molar-refractivity contribution is 9.09. The number of hydrogen-bond donors (Lipinski definition) is 0. The standard InChI is InChI=1S/C23H30Br2/c1-3-5-13-22(24)20-11-7-9-18(16-20)15-19-10-8-12-21(17-19)23(25)14-6-4-2/h7-12,16-17,22-23H,3-6,13-15H2,1-2H3. The van der Waals surface area contributed by atoms with E-state index < -0.39 is 0 Å². The van der Waals surface area contributed by atoms with Crippen molar-refractivity contribution < 1.29 is 0 Å². The van der Waals surface area contributed by atoms with Crippen molar-refractivity contribution in [3.05, 3.63) is 70.8 Å². The number of hydrogen-bond acceptors (Lipinski definition) is 0. The maximum absolute atomic E-state index is 3.86. The highest BCUT2D eigenvalue weighted by Crippen LogP contribution is 2.31. The van der Waals surface area contributed by atoms with Crippen molar-refractivity contribution in [1.29, 1.82) is 0 Å². The minimum atomic E-state index is 0.472. The molecule has 2 rings (SSSR count). The predicted molar refractivity (Wildman–Crippen MR) is 118 cm³/mol. The van der Waals surface area contributed by atoms with Gasteiger partial charge in [0, 0.05) is 9.65 Å². The van der Waals surface area contributed by atoms with Crippen LogP contribution in [0.1, 0.15) is 84.3 Å². The van der Waals surface area contributed by atoms with E-state index in [1.54, 1.807) is 0 Å². The molecule has 0 aromatic heterocycles. The Balaban J connectivity index is 2.06. The number of benzene rings is 2. The molecule has 0 amide bonds. The quantitative estimate of drug-likeness (QED) is 0.308. The molecule has 0 heterocycles. The highest BCUT2D eigenvalue weighted by Gasteiger charge is 2.10. The third-order valence-electron chi connectivity index (χ3n) is 4.66. The normalized spacial score (nSPS) is 13.6. The second-order valence-corrected chi connectivity index (χ2v) is 9.10. The van der Waals surface area contributed by atoms with Crippen molar-refractivity contribution in [3.8, 4) is 0 Å². The van der Waals surface area contributed by atoms with E-state index in [1.165, 1.54) is 60.8 Å². The fraction of sp³-hybridized carbons (Fsp3) is 0.478. The number of halogens is 2. The van der Waals surface area contributed by atoms with Crippen LogP contribution in [0.4, 0.5) is 0 Å². The van der Waals surface area contributed by atoms with Crippen LogP contribution in [0.3, 0.4) is 0 Å². The maximum atomic E-state index is 3.86. The van der Waals surface area contributed by atoms with Gasteiger partial charge in [0.25, 0.3) is 0 Å². The van der Waals surface area contributed by atoms with Gasteiger partial charge in [0.15, 0.2) is 0 Å². The molecule has 0 saturated heterocycles. The summed E-state index contributed by atoms with van der Waals surface area (Å²) in [5, 5.41) is 0. The average Bonchev–Trinajstić information content (AvgIpc) is 2.64. The van der Waals surface area contributed by atoms with Gasteiger partial charge in [0.1, 0.15) is 0 Å². The van der Waals surface area contributed by atoms with E-state index in [2.05, 4.69) is 94.2 Å². The Labute approximate surface area is 170 Å². The lowest BCUT2D eigenvalue weighted by Crippen LogP contribution is -1.96. The lowest BCUT2D eigenvalue weighted by atomic mass is 9.98. The molecule has 2 atom stereocenters. The fourth-order valence-corrected chi connectivity index (χ4v) is 4.35. The molecular weight excluding hydrogens is 436 g/mol. The fourth-order valence-electron chi connectivity index (χ4n) is 3.13. The van der Waals surface area contributed by atoms with Crippen LogP contribution in [-0.2, 0) is 6.42 Å². The summed E-state index contributed by atoms with van der Waals surface area (Å²) in [5.41, 5.74) is 5.61. The summed E-state index contributed by atoms with van der Waals surface area (Å²) in [6.07, 6.45) is 8.46. The minimum Gasteiger partial charge on any atom is -0.0839 e. The first kappa shape index (κ1) is 20.7. The van der Waals surface area contributed by atoms with Gasteiger partial charge < -0.3 is 0 Å². The lowest BCUT2D eigenvalue weighted by Gasteiger charge is -2.13. The zero-order chi connectivity index (χ0) is 18.1. The van der Waals surface area contributed by atoms with E-state index in [-0.39, 0.29) is 0 Å². The minimum absolute atomic E-state index is 0.472. The first-order valence-corrected chi connectivity index (χ1v) is 11.4. The van der Waals surface area contributed by atoms with Gasteiger partial charge in [0.05, 0.1) is 0 Å². The van der Waals surface area contributed by atoms with Crippen molar-refractivity contribution in [3.63, 3.8) is 0 Å². The maximum Gasteiger partial charge on any atom is 0.0395 e. The molecule has 0 saturated carbocycles. The van der Waals surface area contributed by atoms with Crippen molar-refractivity contribution in [2.45, 2.75) is 68.4 Å². The molecule has 2 aromatic carbocycles. The number of unbranched alkanes of at least 4 members (excludes halogenated alkanes) is 2. The van der Waals surface area contributed by atoms with Crippen LogP contribution < -0.4 is 0 Å². The predicted octanol–water partition coefficient (Wildman–Crippen LogP) is 8.53. The van der Waals surface area contributed by atoms with Crippen LogP contribution in [0.15, 0.2) is 48.5 Å². The molecule has 0 bridgehead atoms. The summed E-state index contributed by atoms with van der Waals surface area (Å²) in [6, 6.07) is 18.1. The molecular formula is C23H30Br2. The van der Waals surface area contributed by atoms with Gasteiger partial charge >= 0.3 is 0 Å². The molecule has 0 aliphatic heterocycles. The molecule has 2 unspecified atom stereocenters. The van der Waals surface area contributed by atoms with Gasteiger partial charge in [-0.25, -0.2) is 0 Å². The molecule has 0 aliphatic rings. The van der Waals surface area contributed by atoms with Gasteiger partial charge in [-0.05, 0) is 41.5 Å². The lowest BCUT2D eigenvalue weighted by molar-refractivity contribution is 0.712. The van der Waals surface area contributed by atoms with Crippen LogP contribution in [0, 0.1) is 0 Å². The van der Waals surface area contributed by atoms with E-state index in [0.29, 0.717) is 9.65 Å². The second kappa shape index (κ2) is 11.2. The average molecular weight is 466 g/mol. The SMILES string of the molecule is CCCCC(Br)c1cccc(Cc2cccc(C(Br)CCCC)c2)c1. The Morgan fingerprint density at radius 1 is 0.720 bits per heavy atom. The molecule has 0 radical (unpaired) electrons. The molecule has 136 valence electrons. The zero-order valence-corrected chi connectivity index (χ0v) is 18.7. The molecule has 0 nitrogen and oxygen atoms in total. The Morgan fingerprint density at radius 2 is 1.16 bits per heavy atom. The number of alkyl halides is 2. The largest absolute Gasteiger partial charge is 0.0839 e. The van der Waals surface area contributed by atoms with E-state index in [9.17, 15) is 0 Å². The topological polar surface area (TPSA) is 0 Å². The smallest absolute Gasteiger partial charge is 0.0395 e. The molecule has 0 N–H and O–H groups in total. The van der Waals surface area contributed by atoms with Gasteiger partial charge in [-0.15, -0.1) is 0 Å². The summed E-state index contributed by atoms with van der Waals surface area (Å²) in [7, 11) is 0. The summed E-state index contributed by atoms with van der Waals surface area (Å²) in [6.45, 7) is 4.50. The Bertz CT molecular complexity index is 580. The third-order valence-corrected chi connectivity index (χ3v) is 6.63. The van der Waals surface area contributed by atoms with Crippen LogP contribution >= 0.6 is 31.9 Å². The van der Waals surface area contributed by atoms with E-state index in [4.69, 9.17) is 0 Å². The Morgan fingerprint density at radius 3 is 1.56 bits per heavy atom. The molecule has 25 heavy (non-hydrogen) atoms. The van der Waals surface area contributed by atoms with E-state index in [0.717, 1.165) is 6.42 Å². The second-order valence-electron chi connectivity index (χ2n) is 6.89. The molecule has 0 aliphatic carbocycles. The molecule has 0 spiro atoms. The number of rotatable bonds is 10. The van der Waals surface area contributed by atoms with Crippen LogP contribution in [-0.4, -0.2) is 0 Å². The van der Waals surface area contributed by atoms with Crippen molar-refractivity contribution in [2.24, 2.45) is 0 Å². The Kier molecular flexibility index (Phi) is 9.26. The highest BCUT2D eigenvalue weighted by atomic mass is 79.9. The van der Waals surface area contributed by atoms with Gasteiger partial charge in [-0.3, -0.25) is 0 Å². The first-order valence-electron chi connectivity index (χ1n) is 9.59. The molecule has 0 fully saturated rings. The van der Waals surface area contributed by atoms with Crippen LogP contribution in [0.5, 0.6) is 0 Å². The summed E-state index contributed by atoms with van der Waals surface area (Å²) >= 11 is 7.71. The summed E-state index contributed by atoms with van der Waals surface area (Å²) in [4.78, 5) is 0.944.